The topological polar surface area (TPSA) is 49.5 Å². The van der Waals surface area contributed by atoms with Crippen molar-refractivity contribution in [2.75, 3.05) is 26.2 Å². The Morgan fingerprint density at radius 1 is 1.33 bits per heavy atom. The molecule has 0 aliphatic rings. The second-order valence-corrected chi connectivity index (χ2v) is 3.73. The number of aliphatic hydroxyl groups is 1. The van der Waals surface area contributed by atoms with E-state index in [0.717, 1.165) is 19.5 Å². The Hall–Kier alpha value is -0.120. The molecule has 3 nitrogen and oxygen atoms in total. The molecule has 0 fully saturated rings. The summed E-state index contributed by atoms with van der Waals surface area (Å²) in [5.74, 6) is 0. The van der Waals surface area contributed by atoms with Gasteiger partial charge in [-0.05, 0) is 26.8 Å². The average molecular weight is 174 g/mol. The zero-order valence-electron chi connectivity index (χ0n) is 8.51. The summed E-state index contributed by atoms with van der Waals surface area (Å²) in [6.45, 7) is 8.92. The molecule has 0 aliphatic carbocycles. The van der Waals surface area contributed by atoms with E-state index >= 15 is 0 Å². The van der Waals surface area contributed by atoms with Crippen LogP contribution < -0.4 is 5.73 Å². The first-order valence-electron chi connectivity index (χ1n) is 4.64. The lowest BCUT2D eigenvalue weighted by atomic mass is 10.0. The number of hydrogen-bond acceptors (Lipinski definition) is 3. The molecule has 0 amide bonds. The number of rotatable bonds is 6. The average Bonchev–Trinajstić information content (AvgIpc) is 2.04. The van der Waals surface area contributed by atoms with E-state index < -0.39 is 0 Å². The first-order chi connectivity index (χ1) is 5.58. The van der Waals surface area contributed by atoms with Gasteiger partial charge in [-0.25, -0.2) is 0 Å². The number of hydrogen-bond donors (Lipinski definition) is 2. The van der Waals surface area contributed by atoms with Gasteiger partial charge < -0.3 is 10.8 Å². The van der Waals surface area contributed by atoms with E-state index in [1.54, 1.807) is 0 Å². The van der Waals surface area contributed by atoms with Crippen molar-refractivity contribution in [3.63, 3.8) is 0 Å². The maximum atomic E-state index is 8.84. The predicted molar refractivity (Wildman–Crippen MR) is 52.1 cm³/mol. The third-order valence-electron chi connectivity index (χ3n) is 2.22. The van der Waals surface area contributed by atoms with Gasteiger partial charge >= 0.3 is 0 Å². The molecular formula is C9H22N2O. The smallest absolute Gasteiger partial charge is 0.0558 e. The molecule has 0 aromatic carbocycles. The summed E-state index contributed by atoms with van der Waals surface area (Å²) in [4.78, 5) is 2.23. The van der Waals surface area contributed by atoms with Gasteiger partial charge in [0.1, 0.15) is 0 Å². The van der Waals surface area contributed by atoms with E-state index in [4.69, 9.17) is 10.8 Å². The quantitative estimate of drug-likeness (QED) is 0.614. The summed E-state index contributed by atoms with van der Waals surface area (Å²) >= 11 is 0. The highest BCUT2D eigenvalue weighted by Gasteiger charge is 2.23. The number of β-amino-alcohol motifs (C(OH)–C–C–N with tert-alkyl or cyclic N) is 1. The van der Waals surface area contributed by atoms with Crippen molar-refractivity contribution in [3.05, 3.63) is 0 Å². The fourth-order valence-corrected chi connectivity index (χ4v) is 1.24. The van der Waals surface area contributed by atoms with Crippen LogP contribution in [0, 0.1) is 0 Å². The largest absolute Gasteiger partial charge is 0.395 e. The van der Waals surface area contributed by atoms with Crippen LogP contribution in [0.1, 0.15) is 27.2 Å². The van der Waals surface area contributed by atoms with E-state index in [0.29, 0.717) is 6.54 Å². The second kappa shape index (κ2) is 5.51. The number of nitrogens with two attached hydrogens (primary N) is 1. The van der Waals surface area contributed by atoms with Crippen molar-refractivity contribution < 1.29 is 5.11 Å². The zero-order valence-corrected chi connectivity index (χ0v) is 8.51. The molecule has 12 heavy (non-hydrogen) atoms. The normalized spacial score (nSPS) is 12.5. The highest BCUT2D eigenvalue weighted by atomic mass is 16.3. The summed E-state index contributed by atoms with van der Waals surface area (Å²) in [7, 11) is 0. The first kappa shape index (κ1) is 11.9. The van der Waals surface area contributed by atoms with E-state index in [1.807, 2.05) is 0 Å². The van der Waals surface area contributed by atoms with Gasteiger partial charge in [-0.3, -0.25) is 4.90 Å². The maximum absolute atomic E-state index is 8.84. The number of aliphatic hydroxyl groups excluding tert-OH is 1. The summed E-state index contributed by atoms with van der Waals surface area (Å²) in [6, 6.07) is 0. The van der Waals surface area contributed by atoms with Gasteiger partial charge in [0.05, 0.1) is 6.61 Å². The fraction of sp³-hybridized carbons (Fsp3) is 1.00. The van der Waals surface area contributed by atoms with Crippen LogP contribution >= 0.6 is 0 Å². The van der Waals surface area contributed by atoms with E-state index in [1.165, 1.54) is 0 Å². The molecule has 0 bridgehead atoms. The van der Waals surface area contributed by atoms with E-state index in [-0.39, 0.29) is 12.1 Å². The minimum absolute atomic E-state index is 0.0126. The maximum Gasteiger partial charge on any atom is 0.0558 e. The summed E-state index contributed by atoms with van der Waals surface area (Å²) in [5.41, 5.74) is 5.66. The van der Waals surface area contributed by atoms with Gasteiger partial charge in [-0.2, -0.15) is 0 Å². The fourth-order valence-electron chi connectivity index (χ4n) is 1.24. The lowest BCUT2D eigenvalue weighted by Gasteiger charge is -2.37. The molecule has 0 saturated carbocycles. The van der Waals surface area contributed by atoms with Crippen molar-refractivity contribution >= 4 is 0 Å². The molecule has 0 unspecified atom stereocenters. The third kappa shape index (κ3) is 3.52. The molecule has 0 saturated heterocycles. The van der Waals surface area contributed by atoms with Crippen LogP contribution in [0.25, 0.3) is 0 Å². The minimum Gasteiger partial charge on any atom is -0.395 e. The van der Waals surface area contributed by atoms with Gasteiger partial charge in [0.2, 0.25) is 0 Å². The Labute approximate surface area is 75.6 Å². The van der Waals surface area contributed by atoms with Gasteiger partial charge in [0.15, 0.2) is 0 Å². The monoisotopic (exact) mass is 174 g/mol. The van der Waals surface area contributed by atoms with Crippen LogP contribution in [0.15, 0.2) is 0 Å². The van der Waals surface area contributed by atoms with Crippen LogP contribution in [-0.2, 0) is 0 Å². The van der Waals surface area contributed by atoms with Crippen LogP contribution in [0.4, 0.5) is 0 Å². The Kier molecular flexibility index (Phi) is 5.46. The molecule has 0 heterocycles. The predicted octanol–water partition coefficient (Wildman–Crippen LogP) is 0.428. The first-order valence-corrected chi connectivity index (χ1v) is 4.64. The molecule has 0 aliphatic heterocycles. The molecule has 0 radical (unpaired) electrons. The second-order valence-electron chi connectivity index (χ2n) is 3.73. The van der Waals surface area contributed by atoms with Crippen molar-refractivity contribution in [1.82, 2.24) is 4.90 Å². The van der Waals surface area contributed by atoms with E-state index in [2.05, 4.69) is 25.7 Å². The Bertz CT molecular complexity index is 109. The summed E-state index contributed by atoms with van der Waals surface area (Å²) < 4.78 is 0. The Balaban J connectivity index is 4.07. The molecule has 0 rings (SSSR count). The zero-order chi connectivity index (χ0) is 9.61. The van der Waals surface area contributed by atoms with Crippen LogP contribution in [0.2, 0.25) is 0 Å². The van der Waals surface area contributed by atoms with Gasteiger partial charge in [-0.1, -0.05) is 6.92 Å². The molecule has 0 spiro atoms. The van der Waals surface area contributed by atoms with Gasteiger partial charge in [0.25, 0.3) is 0 Å². The lowest BCUT2D eigenvalue weighted by Crippen LogP contribution is -2.50. The van der Waals surface area contributed by atoms with Crippen LogP contribution in [0.3, 0.4) is 0 Å². The molecule has 74 valence electrons. The SMILES string of the molecule is CCCN(CCO)C(C)(C)CN. The lowest BCUT2D eigenvalue weighted by molar-refractivity contribution is 0.0987. The molecule has 0 aromatic heterocycles. The molecule has 0 aromatic rings. The van der Waals surface area contributed by atoms with Crippen molar-refractivity contribution in [2.24, 2.45) is 5.73 Å². The number of nitrogens with zero attached hydrogens (tertiary/aromatic N) is 1. The molecule has 3 N–H and O–H groups in total. The van der Waals surface area contributed by atoms with Crippen LogP contribution in [-0.4, -0.2) is 41.8 Å². The summed E-state index contributed by atoms with van der Waals surface area (Å²) in [5, 5.41) is 8.84. The Morgan fingerprint density at radius 2 is 1.92 bits per heavy atom. The van der Waals surface area contributed by atoms with Crippen molar-refractivity contribution in [2.45, 2.75) is 32.7 Å². The van der Waals surface area contributed by atoms with E-state index in [9.17, 15) is 0 Å². The molecule has 3 heteroatoms. The molecule has 0 atom stereocenters. The summed E-state index contributed by atoms with van der Waals surface area (Å²) in [6.07, 6.45) is 1.10. The van der Waals surface area contributed by atoms with Gasteiger partial charge in [0, 0.05) is 18.6 Å². The minimum atomic E-state index is 0.0126. The highest BCUT2D eigenvalue weighted by molar-refractivity contribution is 4.81. The molecular weight excluding hydrogens is 152 g/mol. The van der Waals surface area contributed by atoms with Gasteiger partial charge in [-0.15, -0.1) is 0 Å². The van der Waals surface area contributed by atoms with Crippen LogP contribution in [0.5, 0.6) is 0 Å². The van der Waals surface area contributed by atoms with Crippen molar-refractivity contribution in [3.8, 4) is 0 Å². The highest BCUT2D eigenvalue weighted by Crippen LogP contribution is 2.12. The third-order valence-corrected chi connectivity index (χ3v) is 2.22. The van der Waals surface area contributed by atoms with Crippen molar-refractivity contribution in [1.29, 1.82) is 0 Å². The standard InChI is InChI=1S/C9H22N2O/c1-4-5-11(6-7-12)9(2,3)8-10/h12H,4-8,10H2,1-3H3. The Morgan fingerprint density at radius 3 is 2.25 bits per heavy atom.